The number of hydrogen-bond donors (Lipinski definition) is 1. The number of nitrogens with zero attached hydrogens (tertiary/aromatic N) is 1. The molecule has 0 spiro atoms. The van der Waals surface area contributed by atoms with Crippen LogP contribution in [-0.2, 0) is 6.54 Å². The lowest BCUT2D eigenvalue weighted by atomic mass is 9.96. The molecule has 5 heteroatoms. The van der Waals surface area contributed by atoms with Crippen LogP contribution in [0.1, 0.15) is 21.6 Å². The fourth-order valence-corrected chi connectivity index (χ4v) is 4.31. The topological polar surface area (TPSA) is 48.0 Å². The summed E-state index contributed by atoms with van der Waals surface area (Å²) < 4.78 is 2.10. The second-order valence-corrected chi connectivity index (χ2v) is 7.95. The lowest BCUT2D eigenvalue weighted by Gasteiger charge is -2.15. The Balaban J connectivity index is 2.03. The summed E-state index contributed by atoms with van der Waals surface area (Å²) in [6.07, 6.45) is 0. The van der Waals surface area contributed by atoms with Crippen LogP contribution in [0.5, 0.6) is 0 Å². The fourth-order valence-electron chi connectivity index (χ4n) is 3.84. The molecule has 0 saturated heterocycles. The average Bonchev–Trinajstić information content (AvgIpc) is 3.03. The van der Waals surface area contributed by atoms with Gasteiger partial charge in [0, 0.05) is 27.8 Å². The van der Waals surface area contributed by atoms with E-state index in [4.69, 9.17) is 28.9 Å². The summed E-state index contributed by atoms with van der Waals surface area (Å²) in [5, 5.41) is 1.16. The van der Waals surface area contributed by atoms with Crippen LogP contribution in [0.2, 0.25) is 10.0 Å². The minimum Gasteiger partial charge on any atom is -0.366 e. The third kappa shape index (κ3) is 3.74. The van der Waals surface area contributed by atoms with E-state index in [2.05, 4.69) is 4.57 Å². The number of benzene rings is 3. The molecule has 0 aliphatic heterocycles. The molecule has 0 atom stereocenters. The van der Waals surface area contributed by atoms with Crippen molar-refractivity contribution in [3.8, 4) is 22.4 Å². The number of nitrogens with two attached hydrogens (primary N) is 1. The molecule has 30 heavy (non-hydrogen) atoms. The van der Waals surface area contributed by atoms with Gasteiger partial charge in [-0.15, -0.1) is 0 Å². The summed E-state index contributed by atoms with van der Waals surface area (Å²) in [4.78, 5) is 12.5. The van der Waals surface area contributed by atoms with Crippen molar-refractivity contribution in [2.45, 2.75) is 13.5 Å². The van der Waals surface area contributed by atoms with Gasteiger partial charge in [0.05, 0.1) is 11.3 Å². The van der Waals surface area contributed by atoms with Crippen molar-refractivity contribution in [2.75, 3.05) is 0 Å². The number of halogens is 2. The second kappa shape index (κ2) is 8.39. The van der Waals surface area contributed by atoms with Crippen molar-refractivity contribution >= 4 is 29.1 Å². The molecule has 0 aliphatic carbocycles. The quantitative estimate of drug-likeness (QED) is 0.378. The van der Waals surface area contributed by atoms with Crippen LogP contribution in [0.3, 0.4) is 0 Å². The number of rotatable bonds is 5. The minimum absolute atomic E-state index is 0.454. The molecule has 0 fully saturated rings. The summed E-state index contributed by atoms with van der Waals surface area (Å²) in [6.45, 7) is 2.40. The number of hydrogen-bond acceptors (Lipinski definition) is 1. The monoisotopic (exact) mass is 434 g/mol. The van der Waals surface area contributed by atoms with Gasteiger partial charge in [-0.25, -0.2) is 0 Å². The molecule has 0 aliphatic rings. The van der Waals surface area contributed by atoms with Crippen LogP contribution in [0, 0.1) is 6.92 Å². The standard InChI is InChI=1S/C25H20Cl2N2O/c1-16-22(25(28)30)23(17-8-4-2-5-9-17)24(18-10-6-3-7-11-18)29(16)15-19-12-13-20(26)14-21(19)27/h2-14H,15H2,1H3,(H2,28,30). The van der Waals surface area contributed by atoms with E-state index in [0.29, 0.717) is 22.2 Å². The Bertz CT molecular complexity index is 1220. The molecule has 3 aromatic carbocycles. The predicted molar refractivity (Wildman–Crippen MR) is 124 cm³/mol. The number of aromatic nitrogens is 1. The van der Waals surface area contributed by atoms with Crippen LogP contribution in [-0.4, -0.2) is 10.5 Å². The molecule has 3 nitrogen and oxygen atoms in total. The molecular formula is C25H20Cl2N2O. The minimum atomic E-state index is -0.454. The predicted octanol–water partition coefficient (Wildman–Crippen LogP) is 6.58. The summed E-state index contributed by atoms with van der Waals surface area (Å²) >= 11 is 12.5. The average molecular weight is 435 g/mol. The first-order chi connectivity index (χ1) is 14.5. The van der Waals surface area contributed by atoms with Gasteiger partial charge in [0.2, 0.25) is 0 Å². The van der Waals surface area contributed by atoms with Crippen molar-refractivity contribution < 1.29 is 4.79 Å². The van der Waals surface area contributed by atoms with Gasteiger partial charge in [-0.3, -0.25) is 4.79 Å². The van der Waals surface area contributed by atoms with Gasteiger partial charge in [-0.05, 0) is 35.7 Å². The van der Waals surface area contributed by atoms with Crippen LogP contribution >= 0.6 is 23.2 Å². The normalized spacial score (nSPS) is 10.9. The Morgan fingerprint density at radius 3 is 2.07 bits per heavy atom. The van der Waals surface area contributed by atoms with Crippen molar-refractivity contribution in [3.05, 3.63) is 106 Å². The van der Waals surface area contributed by atoms with Crippen molar-refractivity contribution in [1.29, 1.82) is 0 Å². The van der Waals surface area contributed by atoms with Crippen LogP contribution in [0.4, 0.5) is 0 Å². The highest BCUT2D eigenvalue weighted by Gasteiger charge is 2.26. The number of carbonyl (C=O) groups is 1. The van der Waals surface area contributed by atoms with Crippen molar-refractivity contribution in [1.82, 2.24) is 4.57 Å². The number of carbonyl (C=O) groups excluding carboxylic acids is 1. The lowest BCUT2D eigenvalue weighted by molar-refractivity contribution is 0.1000. The van der Waals surface area contributed by atoms with E-state index >= 15 is 0 Å². The van der Waals surface area contributed by atoms with Crippen molar-refractivity contribution in [3.63, 3.8) is 0 Å². The van der Waals surface area contributed by atoms with E-state index in [0.717, 1.165) is 33.6 Å². The second-order valence-electron chi connectivity index (χ2n) is 7.10. The third-order valence-electron chi connectivity index (χ3n) is 5.22. The molecule has 1 amide bonds. The molecule has 4 aromatic rings. The molecule has 0 radical (unpaired) electrons. The molecule has 2 N–H and O–H groups in total. The molecule has 1 heterocycles. The van der Waals surface area contributed by atoms with Crippen LogP contribution in [0.15, 0.2) is 78.9 Å². The summed E-state index contributed by atoms with van der Waals surface area (Å²) in [5.74, 6) is -0.454. The Hall–Kier alpha value is -3.01. The van der Waals surface area contributed by atoms with E-state index < -0.39 is 5.91 Å². The molecule has 4 rings (SSSR count). The summed E-state index contributed by atoms with van der Waals surface area (Å²) in [6, 6.07) is 25.3. The zero-order valence-electron chi connectivity index (χ0n) is 16.4. The Kier molecular flexibility index (Phi) is 5.67. The third-order valence-corrected chi connectivity index (χ3v) is 5.81. The molecular weight excluding hydrogens is 415 g/mol. The fraction of sp³-hybridized carbons (Fsp3) is 0.0800. The Morgan fingerprint density at radius 2 is 1.50 bits per heavy atom. The largest absolute Gasteiger partial charge is 0.366 e. The van der Waals surface area contributed by atoms with E-state index in [1.54, 1.807) is 6.07 Å². The van der Waals surface area contributed by atoms with Gasteiger partial charge < -0.3 is 10.3 Å². The molecule has 0 saturated carbocycles. The molecule has 1 aromatic heterocycles. The maximum Gasteiger partial charge on any atom is 0.251 e. The van der Waals surface area contributed by atoms with Gasteiger partial charge in [0.15, 0.2) is 0 Å². The van der Waals surface area contributed by atoms with E-state index in [9.17, 15) is 4.79 Å². The number of primary amides is 1. The molecule has 150 valence electrons. The van der Waals surface area contributed by atoms with Gasteiger partial charge in [-0.2, -0.15) is 0 Å². The lowest BCUT2D eigenvalue weighted by Crippen LogP contribution is -2.13. The van der Waals surface area contributed by atoms with Gasteiger partial charge >= 0.3 is 0 Å². The molecule has 0 bridgehead atoms. The zero-order chi connectivity index (χ0) is 21.3. The smallest absolute Gasteiger partial charge is 0.251 e. The van der Waals surface area contributed by atoms with E-state index in [1.165, 1.54) is 0 Å². The highest BCUT2D eigenvalue weighted by molar-refractivity contribution is 6.35. The molecule has 0 unspecified atom stereocenters. The Morgan fingerprint density at radius 1 is 0.900 bits per heavy atom. The SMILES string of the molecule is Cc1c(C(N)=O)c(-c2ccccc2)c(-c2ccccc2)n1Cc1ccc(Cl)cc1Cl. The zero-order valence-corrected chi connectivity index (χ0v) is 17.9. The van der Waals surface area contributed by atoms with Crippen molar-refractivity contribution in [2.24, 2.45) is 5.73 Å². The van der Waals surface area contributed by atoms with Crippen LogP contribution in [0.25, 0.3) is 22.4 Å². The first-order valence-electron chi connectivity index (χ1n) is 9.55. The maximum absolute atomic E-state index is 12.5. The van der Waals surface area contributed by atoms with E-state index in [-0.39, 0.29) is 0 Å². The first kappa shape index (κ1) is 20.3. The summed E-state index contributed by atoms with van der Waals surface area (Å²) in [7, 11) is 0. The maximum atomic E-state index is 12.5. The number of amides is 1. The van der Waals surface area contributed by atoms with Crippen LogP contribution < -0.4 is 5.73 Å². The van der Waals surface area contributed by atoms with Gasteiger partial charge in [-0.1, -0.05) is 89.9 Å². The summed E-state index contributed by atoms with van der Waals surface area (Å²) in [5.41, 5.74) is 11.8. The highest BCUT2D eigenvalue weighted by Crippen LogP contribution is 2.40. The Labute approximate surface area is 185 Å². The van der Waals surface area contributed by atoms with Gasteiger partial charge in [0.1, 0.15) is 0 Å². The first-order valence-corrected chi connectivity index (χ1v) is 10.3. The highest BCUT2D eigenvalue weighted by atomic mass is 35.5. The van der Waals surface area contributed by atoms with E-state index in [1.807, 2.05) is 79.7 Å². The van der Waals surface area contributed by atoms with Gasteiger partial charge in [0.25, 0.3) is 5.91 Å².